The Kier molecular flexibility index (Phi) is 2.89. The Balaban J connectivity index is 1.78. The average molecular weight is 280 g/mol. The summed E-state index contributed by atoms with van der Waals surface area (Å²) in [5.41, 5.74) is 0.761. The molecule has 0 aliphatic carbocycles. The largest absolute Gasteiger partial charge is 0.346 e. The molecule has 0 amide bonds. The Bertz CT molecular complexity index is 690. The van der Waals surface area contributed by atoms with E-state index in [0.29, 0.717) is 17.5 Å². The maximum Gasteiger partial charge on any atom is 0.243 e. The van der Waals surface area contributed by atoms with Gasteiger partial charge in [-0.05, 0) is 19.1 Å². The van der Waals surface area contributed by atoms with Gasteiger partial charge in [0.1, 0.15) is 5.01 Å². The first kappa shape index (κ1) is 11.4. The zero-order valence-corrected chi connectivity index (χ0v) is 11.2. The van der Waals surface area contributed by atoms with Crippen molar-refractivity contribution in [3.8, 4) is 0 Å². The molecule has 0 fully saturated rings. The summed E-state index contributed by atoms with van der Waals surface area (Å²) in [7, 11) is 0. The lowest BCUT2D eigenvalue weighted by Crippen LogP contribution is -2.00. The Labute approximate surface area is 112 Å². The van der Waals surface area contributed by atoms with Crippen LogP contribution in [0.25, 0.3) is 5.65 Å². The molecule has 0 aliphatic rings. The van der Waals surface area contributed by atoms with Crippen molar-refractivity contribution in [2.24, 2.45) is 0 Å². The molecule has 0 saturated heterocycles. The van der Waals surface area contributed by atoms with Crippen LogP contribution >= 0.6 is 22.9 Å². The molecule has 0 atom stereocenters. The van der Waals surface area contributed by atoms with Crippen molar-refractivity contribution in [2.75, 3.05) is 5.32 Å². The van der Waals surface area contributed by atoms with Crippen LogP contribution in [0.5, 0.6) is 0 Å². The number of nitrogens with zero attached hydrogens (tertiary/aromatic N) is 4. The van der Waals surface area contributed by atoms with Crippen molar-refractivity contribution in [3.63, 3.8) is 0 Å². The van der Waals surface area contributed by atoms with E-state index in [1.165, 1.54) is 4.88 Å². The fourth-order valence-corrected chi connectivity index (χ4v) is 2.45. The minimum Gasteiger partial charge on any atom is -0.346 e. The topological polar surface area (TPSA) is 55.1 Å². The number of hydrogen-bond acceptors (Lipinski definition) is 5. The van der Waals surface area contributed by atoms with E-state index in [1.807, 2.05) is 19.2 Å². The lowest BCUT2D eigenvalue weighted by Gasteiger charge is -1.96. The molecule has 18 heavy (non-hydrogen) atoms. The first-order valence-electron chi connectivity index (χ1n) is 5.38. The van der Waals surface area contributed by atoms with Crippen LogP contribution in [0.2, 0.25) is 5.02 Å². The molecule has 0 radical (unpaired) electrons. The summed E-state index contributed by atoms with van der Waals surface area (Å²) in [6.45, 7) is 2.66. The fourth-order valence-electron chi connectivity index (χ4n) is 1.57. The molecular formula is C11H10ClN5S. The van der Waals surface area contributed by atoms with Crippen molar-refractivity contribution >= 4 is 34.5 Å². The summed E-state index contributed by atoms with van der Waals surface area (Å²) in [5.74, 6) is 0.574. The molecule has 3 heterocycles. The Morgan fingerprint density at radius 1 is 1.44 bits per heavy atom. The number of fused-ring (bicyclic) bond motifs is 1. The van der Waals surface area contributed by atoms with Crippen LogP contribution in [-0.2, 0) is 6.54 Å². The smallest absolute Gasteiger partial charge is 0.243 e. The average Bonchev–Trinajstić information content (AvgIpc) is 2.92. The highest BCUT2D eigenvalue weighted by atomic mass is 35.5. The quantitative estimate of drug-likeness (QED) is 0.801. The van der Waals surface area contributed by atoms with Gasteiger partial charge in [-0.15, -0.1) is 16.4 Å². The van der Waals surface area contributed by atoms with Crippen LogP contribution in [0, 0.1) is 6.92 Å². The van der Waals surface area contributed by atoms with Gasteiger partial charge in [0.15, 0.2) is 5.65 Å². The van der Waals surface area contributed by atoms with E-state index < -0.39 is 0 Å². The number of anilines is 1. The molecule has 0 saturated carbocycles. The zero-order chi connectivity index (χ0) is 12.5. The van der Waals surface area contributed by atoms with Gasteiger partial charge in [0.2, 0.25) is 5.95 Å². The van der Waals surface area contributed by atoms with E-state index in [0.717, 1.165) is 10.7 Å². The van der Waals surface area contributed by atoms with Crippen molar-refractivity contribution in [1.29, 1.82) is 0 Å². The molecular weight excluding hydrogens is 270 g/mol. The first-order chi connectivity index (χ1) is 8.70. The third-order valence-electron chi connectivity index (χ3n) is 2.36. The Morgan fingerprint density at radius 3 is 3.11 bits per heavy atom. The van der Waals surface area contributed by atoms with Crippen LogP contribution in [0.3, 0.4) is 0 Å². The van der Waals surface area contributed by atoms with E-state index in [1.54, 1.807) is 28.1 Å². The molecule has 3 aromatic rings. The van der Waals surface area contributed by atoms with E-state index in [4.69, 9.17) is 11.6 Å². The predicted molar refractivity (Wildman–Crippen MR) is 72.2 cm³/mol. The van der Waals surface area contributed by atoms with Crippen LogP contribution in [0.1, 0.15) is 9.88 Å². The predicted octanol–water partition coefficient (Wildman–Crippen LogP) is 2.76. The molecule has 0 spiro atoms. The number of aromatic nitrogens is 4. The summed E-state index contributed by atoms with van der Waals surface area (Å²) in [5, 5.41) is 9.08. The van der Waals surface area contributed by atoms with E-state index in [2.05, 4.69) is 20.4 Å². The van der Waals surface area contributed by atoms with Crippen molar-refractivity contribution in [1.82, 2.24) is 19.6 Å². The molecule has 92 valence electrons. The number of rotatable bonds is 3. The maximum absolute atomic E-state index is 5.89. The number of pyridine rings is 1. The first-order valence-corrected chi connectivity index (χ1v) is 6.57. The van der Waals surface area contributed by atoms with Gasteiger partial charge in [-0.25, -0.2) is 9.50 Å². The lowest BCUT2D eigenvalue weighted by atomic mass is 10.5. The molecule has 0 aliphatic heterocycles. The van der Waals surface area contributed by atoms with Gasteiger partial charge in [0.25, 0.3) is 0 Å². The lowest BCUT2D eigenvalue weighted by molar-refractivity contribution is 0.948. The van der Waals surface area contributed by atoms with Gasteiger partial charge < -0.3 is 5.32 Å². The molecule has 3 rings (SSSR count). The minimum absolute atomic E-state index is 0.574. The summed E-state index contributed by atoms with van der Waals surface area (Å²) in [4.78, 5) is 9.80. The molecule has 0 unspecified atom stereocenters. The standard InChI is InChI=1S/C11H10ClN5S/c1-7-4-13-10(18-7)5-14-11-15-9-3-2-8(12)6-17(9)16-11/h2-4,6H,5H2,1H3,(H,14,16). The van der Waals surface area contributed by atoms with E-state index in [-0.39, 0.29) is 0 Å². The van der Waals surface area contributed by atoms with Gasteiger partial charge in [0, 0.05) is 17.3 Å². The van der Waals surface area contributed by atoms with Gasteiger partial charge in [-0.3, -0.25) is 0 Å². The second-order valence-electron chi connectivity index (χ2n) is 3.80. The van der Waals surface area contributed by atoms with E-state index >= 15 is 0 Å². The SMILES string of the molecule is Cc1cnc(CNc2nc3ccc(Cl)cn3n2)s1. The van der Waals surface area contributed by atoms with Crippen molar-refractivity contribution in [3.05, 3.63) is 39.4 Å². The summed E-state index contributed by atoms with van der Waals surface area (Å²) in [6.07, 6.45) is 3.58. The third-order valence-corrected chi connectivity index (χ3v) is 3.50. The van der Waals surface area contributed by atoms with Gasteiger partial charge in [-0.2, -0.15) is 4.98 Å². The molecule has 0 aromatic carbocycles. The van der Waals surface area contributed by atoms with Crippen LogP contribution in [0.15, 0.2) is 24.5 Å². The third kappa shape index (κ3) is 2.30. The molecule has 7 heteroatoms. The number of halogens is 1. The molecule has 3 aromatic heterocycles. The van der Waals surface area contributed by atoms with Crippen LogP contribution in [0.4, 0.5) is 5.95 Å². The normalized spacial score (nSPS) is 11.0. The van der Waals surface area contributed by atoms with Crippen molar-refractivity contribution < 1.29 is 0 Å². The minimum atomic E-state index is 0.574. The van der Waals surface area contributed by atoms with Crippen molar-refractivity contribution in [2.45, 2.75) is 13.5 Å². The Morgan fingerprint density at radius 2 is 2.33 bits per heavy atom. The highest BCUT2D eigenvalue weighted by Crippen LogP contribution is 2.14. The Hall–Kier alpha value is -1.66. The zero-order valence-electron chi connectivity index (χ0n) is 9.59. The molecule has 1 N–H and O–H groups in total. The second kappa shape index (κ2) is 4.55. The highest BCUT2D eigenvalue weighted by molar-refractivity contribution is 7.11. The number of aryl methyl sites for hydroxylation is 1. The van der Waals surface area contributed by atoms with E-state index in [9.17, 15) is 0 Å². The van der Waals surface area contributed by atoms with Gasteiger partial charge in [0.05, 0.1) is 11.6 Å². The molecule has 5 nitrogen and oxygen atoms in total. The monoisotopic (exact) mass is 279 g/mol. The number of thiazole rings is 1. The fraction of sp³-hybridized carbons (Fsp3) is 0.182. The summed E-state index contributed by atoms with van der Waals surface area (Å²) >= 11 is 7.55. The second-order valence-corrected chi connectivity index (χ2v) is 5.56. The van der Waals surface area contributed by atoms with Gasteiger partial charge in [-0.1, -0.05) is 11.6 Å². The van der Waals surface area contributed by atoms with Gasteiger partial charge >= 0.3 is 0 Å². The molecule has 0 bridgehead atoms. The number of nitrogens with one attached hydrogen (secondary N) is 1. The van der Waals surface area contributed by atoms with Crippen LogP contribution < -0.4 is 5.32 Å². The summed E-state index contributed by atoms with van der Waals surface area (Å²) in [6, 6.07) is 3.62. The summed E-state index contributed by atoms with van der Waals surface area (Å²) < 4.78 is 1.65. The highest BCUT2D eigenvalue weighted by Gasteiger charge is 2.04. The van der Waals surface area contributed by atoms with Crippen LogP contribution in [-0.4, -0.2) is 19.6 Å². The number of hydrogen-bond donors (Lipinski definition) is 1. The maximum atomic E-state index is 5.89.